The molecule has 0 amide bonds. The summed E-state index contributed by atoms with van der Waals surface area (Å²) in [5.41, 5.74) is -1.24. The van der Waals surface area contributed by atoms with Crippen LogP contribution in [0.15, 0.2) is 0 Å². The summed E-state index contributed by atoms with van der Waals surface area (Å²) in [5.74, 6) is -0.394. The highest BCUT2D eigenvalue weighted by Gasteiger charge is 2.46. The van der Waals surface area contributed by atoms with Crippen LogP contribution in [0.1, 0.15) is 19.8 Å². The van der Waals surface area contributed by atoms with Gasteiger partial charge in [0.15, 0.2) is 5.60 Å². The molecule has 1 saturated carbocycles. The maximum absolute atomic E-state index is 10.8. The highest BCUT2D eigenvalue weighted by atomic mass is 16.5. The average Bonchev–Trinajstić information content (AvgIpc) is 2.66. The molecular weight excluding hydrogens is 132 g/mol. The van der Waals surface area contributed by atoms with E-state index in [-0.39, 0.29) is 5.92 Å². The van der Waals surface area contributed by atoms with Crippen molar-refractivity contribution < 1.29 is 14.6 Å². The molecule has 10 heavy (non-hydrogen) atoms. The van der Waals surface area contributed by atoms with Crippen LogP contribution in [0.5, 0.6) is 0 Å². The second-order valence-electron chi connectivity index (χ2n) is 2.91. The van der Waals surface area contributed by atoms with Gasteiger partial charge in [-0.15, -0.1) is 0 Å². The summed E-state index contributed by atoms with van der Waals surface area (Å²) in [6.07, 6.45) is 1.87. The molecule has 1 fully saturated rings. The first-order valence-electron chi connectivity index (χ1n) is 3.40. The average molecular weight is 144 g/mol. The van der Waals surface area contributed by atoms with Crippen LogP contribution < -0.4 is 0 Å². The Labute approximate surface area is 60.0 Å². The van der Waals surface area contributed by atoms with Gasteiger partial charge in [0.1, 0.15) is 0 Å². The highest BCUT2D eigenvalue weighted by Crippen LogP contribution is 2.39. The quantitative estimate of drug-likeness (QED) is 0.568. The minimum Gasteiger partial charge on any atom is -0.467 e. The number of hydrogen-bond acceptors (Lipinski definition) is 3. The molecule has 0 saturated heterocycles. The Hall–Kier alpha value is -0.570. The van der Waals surface area contributed by atoms with Crippen LogP contribution in [0.2, 0.25) is 0 Å². The molecule has 3 heteroatoms. The molecule has 0 aromatic rings. The molecule has 3 nitrogen and oxygen atoms in total. The highest BCUT2D eigenvalue weighted by molar-refractivity contribution is 5.79. The Balaban J connectivity index is 2.56. The van der Waals surface area contributed by atoms with Crippen molar-refractivity contribution in [1.82, 2.24) is 0 Å². The Morgan fingerprint density at radius 2 is 2.20 bits per heavy atom. The lowest BCUT2D eigenvalue weighted by Crippen LogP contribution is -2.38. The Morgan fingerprint density at radius 1 is 1.70 bits per heavy atom. The van der Waals surface area contributed by atoms with Gasteiger partial charge < -0.3 is 9.84 Å². The van der Waals surface area contributed by atoms with E-state index < -0.39 is 11.6 Å². The lowest BCUT2D eigenvalue weighted by atomic mass is 10.0. The van der Waals surface area contributed by atoms with E-state index in [4.69, 9.17) is 0 Å². The first-order valence-corrected chi connectivity index (χ1v) is 3.40. The maximum Gasteiger partial charge on any atom is 0.337 e. The SMILES string of the molecule is COC(=O)C(C)(O)C1CC1. The molecule has 0 spiro atoms. The van der Waals surface area contributed by atoms with Gasteiger partial charge in [0.2, 0.25) is 0 Å². The molecule has 0 bridgehead atoms. The van der Waals surface area contributed by atoms with Crippen molar-refractivity contribution in [1.29, 1.82) is 0 Å². The van der Waals surface area contributed by atoms with E-state index in [1.165, 1.54) is 14.0 Å². The summed E-state index contributed by atoms with van der Waals surface area (Å²) in [5, 5.41) is 9.45. The van der Waals surface area contributed by atoms with Gasteiger partial charge in [0, 0.05) is 0 Å². The van der Waals surface area contributed by atoms with Crippen LogP contribution in [-0.2, 0) is 9.53 Å². The van der Waals surface area contributed by atoms with Crippen molar-refractivity contribution in [3.8, 4) is 0 Å². The Bertz CT molecular complexity index is 147. The number of carbonyl (C=O) groups excluding carboxylic acids is 1. The van der Waals surface area contributed by atoms with Gasteiger partial charge in [-0.1, -0.05) is 0 Å². The molecule has 1 unspecified atom stereocenters. The minimum absolute atomic E-state index is 0.125. The molecular formula is C7H12O3. The van der Waals surface area contributed by atoms with Crippen LogP contribution in [0, 0.1) is 5.92 Å². The predicted molar refractivity (Wildman–Crippen MR) is 35.4 cm³/mol. The number of esters is 1. The fraction of sp³-hybridized carbons (Fsp3) is 0.857. The van der Waals surface area contributed by atoms with E-state index in [1.807, 2.05) is 0 Å². The predicted octanol–water partition coefficient (Wildman–Crippen LogP) is 0.320. The fourth-order valence-electron chi connectivity index (χ4n) is 1.02. The standard InChI is InChI=1S/C7H12O3/c1-7(9,5-3-4-5)6(8)10-2/h5,9H,3-4H2,1-2H3. The van der Waals surface area contributed by atoms with E-state index in [9.17, 15) is 9.90 Å². The minimum atomic E-state index is -1.24. The van der Waals surface area contributed by atoms with Crippen molar-refractivity contribution in [3.63, 3.8) is 0 Å². The second kappa shape index (κ2) is 2.23. The number of rotatable bonds is 2. The van der Waals surface area contributed by atoms with Gasteiger partial charge in [-0.25, -0.2) is 4.79 Å². The van der Waals surface area contributed by atoms with Gasteiger partial charge in [-0.2, -0.15) is 0 Å². The molecule has 0 heterocycles. The number of carbonyl (C=O) groups is 1. The summed E-state index contributed by atoms with van der Waals surface area (Å²) < 4.78 is 4.43. The Kier molecular flexibility index (Phi) is 1.68. The van der Waals surface area contributed by atoms with Crippen molar-refractivity contribution in [2.45, 2.75) is 25.4 Å². The molecule has 0 radical (unpaired) electrons. The van der Waals surface area contributed by atoms with Gasteiger partial charge in [0.05, 0.1) is 7.11 Å². The summed E-state index contributed by atoms with van der Waals surface area (Å²) in [6.45, 7) is 1.51. The molecule has 1 rings (SSSR count). The van der Waals surface area contributed by atoms with E-state index >= 15 is 0 Å². The molecule has 1 aliphatic carbocycles. The number of hydrogen-bond donors (Lipinski definition) is 1. The second-order valence-corrected chi connectivity index (χ2v) is 2.91. The smallest absolute Gasteiger partial charge is 0.337 e. The normalized spacial score (nSPS) is 23.5. The van der Waals surface area contributed by atoms with Crippen molar-refractivity contribution >= 4 is 5.97 Å². The molecule has 1 atom stereocenters. The number of methoxy groups -OCH3 is 1. The molecule has 0 aromatic heterocycles. The van der Waals surface area contributed by atoms with Crippen LogP contribution in [0.3, 0.4) is 0 Å². The summed E-state index contributed by atoms with van der Waals surface area (Å²) in [6, 6.07) is 0. The van der Waals surface area contributed by atoms with Crippen LogP contribution >= 0.6 is 0 Å². The zero-order valence-electron chi connectivity index (χ0n) is 6.26. The Morgan fingerprint density at radius 3 is 2.50 bits per heavy atom. The van der Waals surface area contributed by atoms with Gasteiger partial charge in [-0.3, -0.25) is 0 Å². The molecule has 0 aromatic carbocycles. The van der Waals surface area contributed by atoms with Crippen LogP contribution in [-0.4, -0.2) is 23.8 Å². The van der Waals surface area contributed by atoms with Gasteiger partial charge in [-0.05, 0) is 25.7 Å². The topological polar surface area (TPSA) is 46.5 Å². The van der Waals surface area contributed by atoms with Crippen molar-refractivity contribution in [2.24, 2.45) is 5.92 Å². The lowest BCUT2D eigenvalue weighted by molar-refractivity contribution is -0.162. The largest absolute Gasteiger partial charge is 0.467 e. The summed E-state index contributed by atoms with van der Waals surface area (Å²) in [7, 11) is 1.29. The zero-order valence-corrected chi connectivity index (χ0v) is 6.26. The maximum atomic E-state index is 10.8. The molecule has 1 aliphatic rings. The molecule has 58 valence electrons. The van der Waals surface area contributed by atoms with E-state index in [0.29, 0.717) is 0 Å². The van der Waals surface area contributed by atoms with Crippen molar-refractivity contribution in [2.75, 3.05) is 7.11 Å². The third-order valence-electron chi connectivity index (χ3n) is 1.97. The number of ether oxygens (including phenoxy) is 1. The van der Waals surface area contributed by atoms with E-state index in [1.54, 1.807) is 0 Å². The third-order valence-corrected chi connectivity index (χ3v) is 1.97. The monoisotopic (exact) mass is 144 g/mol. The first kappa shape index (κ1) is 7.54. The van der Waals surface area contributed by atoms with Crippen LogP contribution in [0.25, 0.3) is 0 Å². The summed E-state index contributed by atoms with van der Waals surface area (Å²) in [4.78, 5) is 10.8. The molecule has 1 N–H and O–H groups in total. The fourth-order valence-corrected chi connectivity index (χ4v) is 1.02. The number of aliphatic hydroxyl groups is 1. The first-order chi connectivity index (χ1) is 4.59. The van der Waals surface area contributed by atoms with Crippen molar-refractivity contribution in [3.05, 3.63) is 0 Å². The van der Waals surface area contributed by atoms with E-state index in [0.717, 1.165) is 12.8 Å². The molecule has 0 aliphatic heterocycles. The van der Waals surface area contributed by atoms with Crippen LogP contribution in [0.4, 0.5) is 0 Å². The van der Waals surface area contributed by atoms with Gasteiger partial charge >= 0.3 is 5.97 Å². The van der Waals surface area contributed by atoms with E-state index in [2.05, 4.69) is 4.74 Å². The van der Waals surface area contributed by atoms with Gasteiger partial charge in [0.25, 0.3) is 0 Å². The lowest BCUT2D eigenvalue weighted by Gasteiger charge is -2.18. The zero-order chi connectivity index (χ0) is 7.78. The third kappa shape index (κ3) is 1.14. The summed E-state index contributed by atoms with van der Waals surface area (Å²) >= 11 is 0.